The molecule has 37 nitrogen and oxygen atoms in total. The number of pyridine rings is 2. The lowest BCUT2D eigenvalue weighted by Gasteiger charge is -2.42. The number of nitrogens with two attached hydrogens (primary N) is 1. The number of imidazole rings is 1. The van der Waals surface area contributed by atoms with E-state index >= 15 is 13.2 Å². The van der Waals surface area contributed by atoms with Crippen molar-refractivity contribution in [1.82, 2.24) is 44.6 Å². The number of aryl methyl sites for hydroxylation is 1. The van der Waals surface area contributed by atoms with Gasteiger partial charge in [0.2, 0.25) is 23.5 Å². The van der Waals surface area contributed by atoms with Crippen molar-refractivity contribution in [3.8, 4) is 22.7 Å². The predicted molar refractivity (Wildman–Crippen MR) is 520 cm³/mol. The molecule has 2 aromatic carbocycles. The molecule has 16 atom stereocenters. The molecule has 3 amide bonds. The first-order valence-corrected chi connectivity index (χ1v) is 49.2. The van der Waals surface area contributed by atoms with Crippen LogP contribution in [0.25, 0.3) is 38.8 Å². The van der Waals surface area contributed by atoms with Crippen molar-refractivity contribution in [1.29, 1.82) is 0 Å². The van der Waals surface area contributed by atoms with Crippen LogP contribution in [0.15, 0.2) is 126 Å². The highest BCUT2D eigenvalue weighted by atomic mass is 19.4. The second-order valence-corrected chi connectivity index (χ2v) is 37.1. The van der Waals surface area contributed by atoms with E-state index < -0.39 is 131 Å². The minimum atomic E-state index is -4.76. The molecule has 2 bridgehead atoms. The summed E-state index contributed by atoms with van der Waals surface area (Å²) < 4.78 is 128. The lowest BCUT2D eigenvalue weighted by molar-refractivity contribution is -0.265. The van der Waals surface area contributed by atoms with Crippen LogP contribution in [0.3, 0.4) is 0 Å². The fourth-order valence-corrected chi connectivity index (χ4v) is 18.4. The van der Waals surface area contributed by atoms with E-state index in [2.05, 4.69) is 30.6 Å². The number of esters is 1. The van der Waals surface area contributed by atoms with Gasteiger partial charge in [0, 0.05) is 157 Å². The number of piperazine rings is 1. The molecule has 782 valence electrons. The lowest BCUT2D eigenvalue weighted by Crippen LogP contribution is -2.61. The third-order valence-corrected chi connectivity index (χ3v) is 26.8. The molecule has 8 heterocycles. The third kappa shape index (κ3) is 31.9. The van der Waals surface area contributed by atoms with E-state index in [1.807, 2.05) is 67.3 Å². The number of benzene rings is 2. The molecule has 40 heteroatoms. The van der Waals surface area contributed by atoms with Gasteiger partial charge in [0.1, 0.15) is 30.5 Å². The number of amides is 3. The van der Waals surface area contributed by atoms with Crippen LogP contribution in [0.4, 0.5) is 29.6 Å². The number of alkyl carbamates (subject to hydrolysis) is 1. The number of fused-ring (bicyclic) bond motifs is 6. The molecule has 0 radical (unpaired) electrons. The minimum Gasteiger partial charge on any atom is -0.481 e. The van der Waals surface area contributed by atoms with E-state index in [-0.39, 0.29) is 126 Å². The molecule has 142 heavy (non-hydrogen) atoms. The highest BCUT2D eigenvalue weighted by molar-refractivity contribution is 6.39. The maximum Gasteiger partial charge on any atom is 0.418 e. The molecule has 0 unspecified atom stereocenters. The number of cyclic esters (lactones) is 1. The Labute approximate surface area is 826 Å². The standard InChI is InChI=1S/C102H143F3N12O25/c1-65-16-12-11-13-17-66(2)86(129-8)58-76-24-19-70(6)101(128,142-76)95(123)96(124)116-31-15-14-18-82(116)97(125)140-87(59-84(118)67(3)53-69(5)93(121)94(122)92(120)68(4)52-65)79(106)54-71-20-27-85(88(55-71)130-9)141-99(126)107-30-37-133-39-41-135-43-45-137-47-49-139-51-50-138-48-46-136-44-42-134-40-38-132-36-29-89(119)109-60-72-61-111-98(112-62-72)115-34-32-114(33-35-115)81-26-23-75(57-78(81)102(103,104)105)117-91-77-56-73(74-22-28-90(131-10)110-63-74)21-25-80(77)108-64-83(91)113(7)100(117)127/h11-13,16-17,21-23,25-26,28,53,56-57,61-65,67-68,70-71,76,79,82,84-88,93-94,118,121-122,128H,14-15,18-20,24,27,29-52,54-55,58-60,106H2,1-10H3,(H,107,126)(H,109,119)/b13-11+,16-12+,66-17+,69-53+/t65-,67-,68-,70-,71+,76+,79-,82+,84-,85-,86+,87+,88-,93-,94+,101-/m0/s1. The lowest BCUT2D eigenvalue weighted by atomic mass is 9.80. The number of halogens is 3. The van der Waals surface area contributed by atoms with Crippen LogP contribution in [-0.4, -0.2) is 323 Å². The van der Waals surface area contributed by atoms with Crippen molar-refractivity contribution in [2.24, 2.45) is 42.4 Å². The SMILES string of the molecule is COc1ccc(-c2ccc3ncc4c(c3c2)n(-c2ccc(N3CCN(c5ncc(CNC(=O)CCOCCOCCOCCOCCOCCOCCOCCOCCNC(=O)O[C@H]6CC[C@H](C[C@H](N)[C@H]7C[C@H](O)[C@@H](C)/C=C(\C)[C@H](O)[C@H](O)C(=O)[C@@H](C)C[C@@H](C)/C=C/C=C/C=C(\C)[C@H](OC)C[C@H]8CC[C@H](C)[C@](O)(O8)C(=O)C(=O)N8CCCC[C@@H]8C(=O)O7)C[C@@H]6OC)cn5)CC3)c(C(F)(F)F)c2)c(=O)n4C)cn1. The fraction of sp³-hybridized carbons (Fsp3) is 0.618. The Kier molecular flexibility index (Phi) is 44.1. The molecule has 1 aliphatic carbocycles. The number of carbonyl (C=O) groups is 6. The Morgan fingerprint density at radius 3 is 1.91 bits per heavy atom. The first kappa shape index (κ1) is 112. The van der Waals surface area contributed by atoms with Crippen molar-refractivity contribution in [2.75, 3.05) is 176 Å². The summed E-state index contributed by atoms with van der Waals surface area (Å²) in [5, 5.41) is 52.7. The van der Waals surface area contributed by atoms with E-state index in [9.17, 15) is 54.0 Å². The van der Waals surface area contributed by atoms with E-state index in [1.54, 1.807) is 89.7 Å². The summed E-state index contributed by atoms with van der Waals surface area (Å²) in [4.78, 5) is 119. The van der Waals surface area contributed by atoms with E-state index in [4.69, 9.17) is 72.0 Å². The predicted octanol–water partition coefficient (Wildman–Crippen LogP) is 8.98. The van der Waals surface area contributed by atoms with Crippen LogP contribution in [-0.2, 0) is 105 Å². The molecule has 11 rings (SSSR count). The number of hydrogen-bond acceptors (Lipinski definition) is 32. The second kappa shape index (κ2) is 55.8. The number of Topliss-reactive ketones (excluding diaryl/α,β-unsaturated/α-hetero) is 2. The Hall–Kier alpha value is -10.1. The van der Waals surface area contributed by atoms with Gasteiger partial charge in [-0.05, 0) is 143 Å². The zero-order valence-corrected chi connectivity index (χ0v) is 83.1. The number of alkyl halides is 3. The minimum absolute atomic E-state index is 0.00757. The van der Waals surface area contributed by atoms with Crippen LogP contribution < -0.4 is 36.6 Å². The maximum atomic E-state index is 15.1. The van der Waals surface area contributed by atoms with Crippen molar-refractivity contribution in [2.45, 2.75) is 204 Å². The Morgan fingerprint density at radius 2 is 1.28 bits per heavy atom. The van der Waals surface area contributed by atoms with E-state index in [0.29, 0.717) is 183 Å². The van der Waals surface area contributed by atoms with Crippen LogP contribution in [0.2, 0.25) is 0 Å². The summed E-state index contributed by atoms with van der Waals surface area (Å²) in [6.07, 6.45) is 7.82. The molecule has 4 aromatic heterocycles. The summed E-state index contributed by atoms with van der Waals surface area (Å²) in [5.74, 6) is -7.96. The Balaban J connectivity index is 0.498. The van der Waals surface area contributed by atoms with Gasteiger partial charge in [-0.3, -0.25) is 33.3 Å². The van der Waals surface area contributed by atoms with Gasteiger partial charge in [0.15, 0.2) is 5.78 Å². The summed E-state index contributed by atoms with van der Waals surface area (Å²) in [6.45, 7) is 17.0. The van der Waals surface area contributed by atoms with Crippen LogP contribution in [0.5, 0.6) is 5.88 Å². The molecular weight excluding hydrogens is 1850 g/mol. The highest BCUT2D eigenvalue weighted by Gasteiger charge is 2.54. The van der Waals surface area contributed by atoms with Crippen molar-refractivity contribution >= 4 is 69.0 Å². The molecule has 8 N–H and O–H groups in total. The number of ketones is 2. The number of aliphatic hydroxyl groups excluding tert-OH is 3. The van der Waals surface area contributed by atoms with E-state index in [0.717, 1.165) is 27.7 Å². The first-order chi connectivity index (χ1) is 68.3. The van der Waals surface area contributed by atoms with Crippen LogP contribution in [0.1, 0.15) is 136 Å². The number of nitrogens with one attached hydrogen (secondary N) is 2. The van der Waals surface area contributed by atoms with E-state index in [1.165, 1.54) is 35.5 Å². The summed E-state index contributed by atoms with van der Waals surface area (Å²) in [5.41, 5.74) is 10.4. The van der Waals surface area contributed by atoms with Gasteiger partial charge < -0.3 is 118 Å². The van der Waals surface area contributed by atoms with Crippen molar-refractivity contribution in [3.05, 3.63) is 143 Å². The van der Waals surface area contributed by atoms with Gasteiger partial charge in [-0.25, -0.2) is 29.3 Å². The number of anilines is 2. The number of carbonyl (C=O) groups excluding carboxylic acids is 6. The number of aliphatic hydroxyl groups is 4. The number of ether oxygens (including phenoxy) is 14. The number of allylic oxidation sites excluding steroid dienone is 5. The fourth-order valence-electron chi connectivity index (χ4n) is 18.4. The number of rotatable bonds is 40. The largest absolute Gasteiger partial charge is 0.481 e. The monoisotopic (exact) mass is 1990 g/mol. The van der Waals surface area contributed by atoms with Crippen LogP contribution >= 0.6 is 0 Å². The number of piperidine rings is 1. The Bertz CT molecular complexity index is 5230. The van der Waals surface area contributed by atoms with Gasteiger partial charge in [-0.15, -0.1) is 0 Å². The normalized spacial score (nSPS) is 26.1. The van der Waals surface area contributed by atoms with Crippen molar-refractivity contribution < 1.29 is 129 Å². The molecule has 3 saturated heterocycles. The Morgan fingerprint density at radius 1 is 0.641 bits per heavy atom. The van der Waals surface area contributed by atoms with Gasteiger partial charge in [-0.2, -0.15) is 13.2 Å². The second-order valence-electron chi connectivity index (χ2n) is 37.1. The van der Waals surface area contributed by atoms with Crippen LogP contribution in [0, 0.1) is 29.6 Å². The number of methoxy groups -OCH3 is 3. The van der Waals surface area contributed by atoms with Gasteiger partial charge >= 0.3 is 23.9 Å². The topological polar surface area (TPSA) is 451 Å². The average Bonchev–Trinajstić information content (AvgIpc) is 1.57. The van der Waals surface area contributed by atoms with Crippen molar-refractivity contribution in [3.63, 3.8) is 0 Å². The summed E-state index contributed by atoms with van der Waals surface area (Å²) in [6, 6.07) is 10.9. The zero-order chi connectivity index (χ0) is 102. The molecule has 1 saturated carbocycles. The molecule has 4 fully saturated rings. The van der Waals surface area contributed by atoms with Gasteiger partial charge in [0.25, 0.3) is 11.7 Å². The quantitative estimate of drug-likeness (QED) is 0.00816. The third-order valence-electron chi connectivity index (χ3n) is 26.8. The number of nitrogens with zero attached hydrogens (tertiary/aromatic N) is 9. The first-order valence-electron chi connectivity index (χ1n) is 49.2. The number of hydrogen-bond donors (Lipinski definition) is 7. The molecule has 6 aromatic rings. The molecule has 5 aliphatic rings. The number of aromatic nitrogens is 6. The molecule has 0 spiro atoms. The summed E-state index contributed by atoms with van der Waals surface area (Å²) in [7, 11) is 6.15. The maximum absolute atomic E-state index is 15.1. The highest BCUT2D eigenvalue weighted by Crippen LogP contribution is 2.42. The van der Waals surface area contributed by atoms with Gasteiger partial charge in [-0.1, -0.05) is 70.2 Å². The average molecular weight is 1990 g/mol. The summed E-state index contributed by atoms with van der Waals surface area (Å²) >= 11 is 0. The smallest absolute Gasteiger partial charge is 0.418 e. The molecular formula is C102H143F3N12O25. The molecule has 4 aliphatic heterocycles. The zero-order valence-electron chi connectivity index (χ0n) is 83.1. The van der Waals surface area contributed by atoms with Gasteiger partial charge in [0.05, 0.1) is 171 Å².